The summed E-state index contributed by atoms with van der Waals surface area (Å²) >= 11 is 0. The first-order valence-electron chi connectivity index (χ1n) is 27.9. The second-order valence-corrected chi connectivity index (χ2v) is 25.7. The minimum Gasteiger partial charge on any atom is -0.394 e. The molecule has 23 nitrogen and oxygen atoms in total. The molecule has 8 fully saturated rings. The lowest BCUT2D eigenvalue weighted by molar-refractivity contribution is -0.378. The normalized spacial score (nSPS) is 52.7. The summed E-state index contributed by atoms with van der Waals surface area (Å²) < 4.78 is 48.9. The summed E-state index contributed by atoms with van der Waals surface area (Å²) in [6, 6.07) is 0. The van der Waals surface area contributed by atoms with Crippen LogP contribution >= 0.6 is 0 Å². The van der Waals surface area contributed by atoms with Crippen molar-refractivity contribution in [3.05, 3.63) is 11.6 Å². The minimum atomic E-state index is -1.82. The van der Waals surface area contributed by atoms with E-state index < -0.39 is 178 Å². The van der Waals surface area contributed by atoms with Crippen LogP contribution in [0.3, 0.4) is 0 Å². The van der Waals surface area contributed by atoms with Gasteiger partial charge in [-0.2, -0.15) is 0 Å². The summed E-state index contributed by atoms with van der Waals surface area (Å²) in [5.74, 6) is -0.475. The van der Waals surface area contributed by atoms with Crippen molar-refractivity contribution in [1.82, 2.24) is 0 Å². The molecule has 0 aromatic carbocycles. The molecule has 0 bridgehead atoms. The van der Waals surface area contributed by atoms with Gasteiger partial charge in [0.15, 0.2) is 25.2 Å². The van der Waals surface area contributed by atoms with Gasteiger partial charge in [-0.15, -0.1) is 0 Å². The highest BCUT2D eigenvalue weighted by Crippen LogP contribution is 2.76. The van der Waals surface area contributed by atoms with Crippen LogP contribution in [0.2, 0.25) is 0 Å². The van der Waals surface area contributed by atoms with Gasteiger partial charge in [-0.05, 0) is 124 Å². The van der Waals surface area contributed by atoms with Gasteiger partial charge in [0.25, 0.3) is 0 Å². The Morgan fingerprint density at radius 2 is 1.05 bits per heavy atom. The fourth-order valence-electron chi connectivity index (χ4n) is 16.3. The fraction of sp³-hybridized carbons (Fsp3) is 0.963. The second-order valence-electron chi connectivity index (χ2n) is 25.7. The molecule has 4 aliphatic carbocycles. The van der Waals surface area contributed by atoms with E-state index in [4.69, 9.17) is 37.9 Å². The van der Waals surface area contributed by atoms with Crippen molar-refractivity contribution in [2.75, 3.05) is 26.4 Å². The summed E-state index contributed by atoms with van der Waals surface area (Å²) in [7, 11) is 0. The average Bonchev–Trinajstić information content (AvgIpc) is 3.96. The average molecular weight is 1110 g/mol. The highest BCUT2D eigenvalue weighted by Gasteiger charge is 2.72. The van der Waals surface area contributed by atoms with E-state index in [1.807, 2.05) is 20.8 Å². The molecule has 4 aliphatic heterocycles. The molecule has 0 amide bonds. The maximum absolute atomic E-state index is 12.8. The van der Waals surface area contributed by atoms with Crippen LogP contribution in [0.15, 0.2) is 11.6 Å². The lowest BCUT2D eigenvalue weighted by Gasteiger charge is -2.71. The maximum Gasteiger partial charge on any atom is 0.187 e. The molecule has 0 unspecified atom stereocenters. The number of hydrogen-bond acceptors (Lipinski definition) is 23. The van der Waals surface area contributed by atoms with Crippen LogP contribution < -0.4 is 0 Å². The van der Waals surface area contributed by atoms with Gasteiger partial charge in [0.1, 0.15) is 97.7 Å². The van der Waals surface area contributed by atoms with Gasteiger partial charge in [-0.1, -0.05) is 46.3 Å². The first-order chi connectivity index (χ1) is 36.0. The molecular weight excluding hydrogens is 1020 g/mol. The monoisotopic (exact) mass is 1110 g/mol. The van der Waals surface area contributed by atoms with Gasteiger partial charge in [0.05, 0.1) is 44.2 Å². The van der Waals surface area contributed by atoms with E-state index in [2.05, 4.69) is 40.7 Å². The zero-order chi connectivity index (χ0) is 56.6. The summed E-state index contributed by atoms with van der Waals surface area (Å²) in [5.41, 5.74) is -1.59. The molecular formula is C54H92O23. The van der Waals surface area contributed by atoms with Crippen LogP contribution in [0, 0.1) is 45.3 Å². The van der Waals surface area contributed by atoms with Gasteiger partial charge in [0.2, 0.25) is 0 Å². The predicted octanol–water partition coefficient (Wildman–Crippen LogP) is -2.20. The van der Waals surface area contributed by atoms with Gasteiger partial charge in [-0.25, -0.2) is 0 Å². The summed E-state index contributed by atoms with van der Waals surface area (Å²) in [6.07, 6.45) is -25.2. The van der Waals surface area contributed by atoms with Crippen molar-refractivity contribution in [3.63, 3.8) is 0 Å². The Morgan fingerprint density at radius 1 is 0.545 bits per heavy atom. The number of aliphatic hydroxyl groups excluding tert-OH is 15. The SMILES string of the molecule is CC(C)=CCC[C@](C)(O[C@@H]1O[C@H](CO[C@@H]2O[C@H](CO)[C@@H](O)[C@H](O)[C@H]2O)[C@@H](O)[C@H](O)[C@H]1O)[C@H]1CC[C@@]2(C)[C@H]1[C@@H](O)C[C@H]1[C@@]3(C)CC[C@@H](O[C@@H]4O[C@H](CO)[C@@H](O)[C@H](O)[C@H]4O[C@@H]4O[C@H](CO)[C@@H](O)[C@H](O)[C@H]4O)C(C)(C)[C@H]3CC[C@]12C. The number of allylic oxidation sites excluding steroid dienone is 2. The largest absolute Gasteiger partial charge is 0.394 e. The molecule has 23 heteroatoms. The van der Waals surface area contributed by atoms with E-state index >= 15 is 0 Å². The highest BCUT2D eigenvalue weighted by atomic mass is 16.8. The summed E-state index contributed by atoms with van der Waals surface area (Å²) in [5, 5.41) is 162. The van der Waals surface area contributed by atoms with Crippen LogP contribution in [0.4, 0.5) is 0 Å². The first-order valence-corrected chi connectivity index (χ1v) is 27.9. The molecule has 4 heterocycles. The third-order valence-corrected chi connectivity index (χ3v) is 20.9. The van der Waals surface area contributed by atoms with Gasteiger partial charge in [-0.3, -0.25) is 0 Å². The fourth-order valence-corrected chi connectivity index (χ4v) is 16.3. The van der Waals surface area contributed by atoms with Gasteiger partial charge in [0, 0.05) is 0 Å². The van der Waals surface area contributed by atoms with Crippen molar-refractivity contribution >= 4 is 0 Å². The molecule has 0 spiro atoms. The third kappa shape index (κ3) is 10.9. The van der Waals surface area contributed by atoms with Crippen LogP contribution in [0.5, 0.6) is 0 Å². The Kier molecular flexibility index (Phi) is 18.9. The van der Waals surface area contributed by atoms with E-state index in [-0.39, 0.29) is 34.5 Å². The van der Waals surface area contributed by atoms with Crippen molar-refractivity contribution in [2.45, 2.75) is 254 Å². The van der Waals surface area contributed by atoms with Crippen LogP contribution in [-0.2, 0) is 37.9 Å². The third-order valence-electron chi connectivity index (χ3n) is 20.9. The zero-order valence-corrected chi connectivity index (χ0v) is 45.8. The first kappa shape index (κ1) is 61.9. The lowest BCUT2D eigenvalue weighted by atomic mass is 9.35. The minimum absolute atomic E-state index is 0.0374. The summed E-state index contributed by atoms with van der Waals surface area (Å²) in [6.45, 7) is 14.6. The number of aliphatic hydroxyl groups is 15. The topological polar surface area (TPSA) is 377 Å². The van der Waals surface area contributed by atoms with E-state index in [1.54, 1.807) is 0 Å². The molecule has 0 aromatic rings. The smallest absolute Gasteiger partial charge is 0.187 e. The molecule has 8 rings (SSSR count). The molecule has 15 N–H and O–H groups in total. The van der Waals surface area contributed by atoms with E-state index in [1.165, 1.54) is 0 Å². The quantitative estimate of drug-likeness (QED) is 0.0576. The lowest BCUT2D eigenvalue weighted by Crippen LogP contribution is -2.68. The number of fused-ring (bicyclic) bond motifs is 5. The molecule has 0 aromatic heterocycles. The van der Waals surface area contributed by atoms with E-state index in [0.29, 0.717) is 38.5 Å². The Labute approximate surface area is 450 Å². The Morgan fingerprint density at radius 3 is 1.64 bits per heavy atom. The predicted molar refractivity (Wildman–Crippen MR) is 266 cm³/mol. The van der Waals surface area contributed by atoms with Crippen molar-refractivity contribution < 1.29 is 114 Å². The molecule has 446 valence electrons. The Bertz CT molecular complexity index is 1990. The van der Waals surface area contributed by atoms with E-state index in [9.17, 15) is 76.6 Å². The standard InChI is InChI=1S/C54H92O23/c1-23(2)10-9-14-54(8,77-48-44(69)40(65)37(62)29(74-48)22-70-46-42(67)38(63)34(59)26(19-55)71-46)24-11-16-53(7)33(24)25(58)18-31-51(5)15-13-32(50(3,4)30(51)12-17-52(31,53)6)75-49-45(41(66)36(61)28(21-57)73-49)76-47-43(68)39(64)35(60)27(20-56)72-47/h10,24-49,55-69H,9,11-22H2,1-8H3/t24-,25-,26+,27+,28+,29+,30+,31-,32+,33+,34+,35+,36+,37+,38-,39-,40-,41-,42+,43+,44+,45+,46+,47-,48-,49-,51-,52+,53-,54-/m0/s1. The van der Waals surface area contributed by atoms with Crippen molar-refractivity contribution in [1.29, 1.82) is 0 Å². The molecule has 0 radical (unpaired) electrons. The number of rotatable bonds is 16. The second kappa shape index (κ2) is 23.5. The van der Waals surface area contributed by atoms with E-state index in [0.717, 1.165) is 24.8 Å². The Balaban J connectivity index is 1.01. The molecule has 4 saturated carbocycles. The molecule has 4 saturated heterocycles. The molecule has 30 atom stereocenters. The van der Waals surface area contributed by atoms with Gasteiger partial charge < -0.3 is 114 Å². The van der Waals surface area contributed by atoms with Crippen LogP contribution in [-0.4, -0.2) is 244 Å². The highest BCUT2D eigenvalue weighted by molar-refractivity contribution is 5.20. The van der Waals surface area contributed by atoms with Crippen LogP contribution in [0.1, 0.15) is 113 Å². The number of hydrogen-bond donors (Lipinski definition) is 15. The maximum atomic E-state index is 12.8. The summed E-state index contributed by atoms with van der Waals surface area (Å²) in [4.78, 5) is 0. The zero-order valence-electron chi connectivity index (χ0n) is 45.8. The van der Waals surface area contributed by atoms with Crippen LogP contribution in [0.25, 0.3) is 0 Å². The molecule has 8 aliphatic rings. The van der Waals surface area contributed by atoms with Crippen molar-refractivity contribution in [2.24, 2.45) is 45.3 Å². The van der Waals surface area contributed by atoms with Gasteiger partial charge >= 0.3 is 0 Å². The van der Waals surface area contributed by atoms with Crippen molar-refractivity contribution in [3.8, 4) is 0 Å². The Hall–Kier alpha value is -1.18. The molecule has 77 heavy (non-hydrogen) atoms. The number of ether oxygens (including phenoxy) is 8.